The minimum atomic E-state index is -4.47. The lowest BCUT2D eigenvalue weighted by molar-refractivity contribution is -0.137. The number of aliphatic imine (C=N–C) groups is 1. The molecule has 1 aliphatic rings. The van der Waals surface area contributed by atoms with Gasteiger partial charge in [0.1, 0.15) is 12.4 Å². The summed E-state index contributed by atoms with van der Waals surface area (Å²) in [6.45, 7) is -0.290. The van der Waals surface area contributed by atoms with E-state index in [4.69, 9.17) is 10.5 Å². The highest BCUT2D eigenvalue weighted by Gasteiger charge is 2.30. The molecular formula is C11H9F3N2O3S. The van der Waals surface area contributed by atoms with Crippen LogP contribution in [-0.2, 0) is 16.0 Å². The Balaban J connectivity index is 2.10. The smallest absolute Gasteiger partial charge is 0.416 e. The monoisotopic (exact) mass is 306 g/mol. The minimum Gasteiger partial charge on any atom is -0.487 e. The highest BCUT2D eigenvalue weighted by molar-refractivity contribution is 8.09. The van der Waals surface area contributed by atoms with E-state index in [0.29, 0.717) is 0 Å². The maximum absolute atomic E-state index is 12.5. The molecule has 0 fully saturated rings. The van der Waals surface area contributed by atoms with Crippen LogP contribution in [0, 0.1) is 0 Å². The van der Waals surface area contributed by atoms with Gasteiger partial charge in [0.15, 0.2) is 0 Å². The summed E-state index contributed by atoms with van der Waals surface area (Å²) < 4.78 is 65.0. The molecule has 0 saturated carbocycles. The third-order valence-electron chi connectivity index (χ3n) is 2.38. The lowest BCUT2D eigenvalue weighted by Gasteiger charge is -2.09. The number of nitrogens with two attached hydrogens (primary N) is 1. The van der Waals surface area contributed by atoms with Crippen LogP contribution >= 0.6 is 0 Å². The van der Waals surface area contributed by atoms with Crippen LogP contribution in [0.15, 0.2) is 40.4 Å². The van der Waals surface area contributed by atoms with E-state index >= 15 is 0 Å². The molecule has 0 saturated heterocycles. The first-order chi connectivity index (χ1) is 9.18. The number of hydrogen-bond donors (Lipinski definition) is 1. The zero-order valence-corrected chi connectivity index (χ0v) is 10.7. The Kier molecular flexibility index (Phi) is 3.46. The molecule has 1 aromatic carbocycles. The van der Waals surface area contributed by atoms with E-state index in [1.54, 1.807) is 0 Å². The van der Waals surface area contributed by atoms with Gasteiger partial charge in [-0.3, -0.25) is 0 Å². The second kappa shape index (κ2) is 4.82. The Morgan fingerprint density at radius 3 is 2.55 bits per heavy atom. The van der Waals surface area contributed by atoms with E-state index in [2.05, 4.69) is 4.99 Å². The molecule has 1 aromatic rings. The number of ether oxygens (including phenoxy) is 1. The minimum absolute atomic E-state index is 0.0277. The van der Waals surface area contributed by atoms with E-state index in [1.165, 1.54) is 12.1 Å². The second-order valence-electron chi connectivity index (χ2n) is 3.92. The van der Waals surface area contributed by atoms with Crippen LogP contribution in [0.1, 0.15) is 5.56 Å². The summed E-state index contributed by atoms with van der Waals surface area (Å²) in [5.74, 6) is -0.0428. The molecule has 2 rings (SSSR count). The quantitative estimate of drug-likeness (QED) is 0.921. The van der Waals surface area contributed by atoms with Gasteiger partial charge in [0.05, 0.1) is 16.7 Å². The van der Waals surface area contributed by atoms with Gasteiger partial charge >= 0.3 is 6.18 Å². The van der Waals surface area contributed by atoms with Gasteiger partial charge < -0.3 is 10.5 Å². The lowest BCUT2D eigenvalue weighted by atomic mass is 10.2. The molecule has 0 unspecified atom stereocenters. The first kappa shape index (κ1) is 14.4. The number of rotatable bonds is 3. The van der Waals surface area contributed by atoms with Crippen molar-refractivity contribution in [2.24, 2.45) is 10.7 Å². The molecule has 0 radical (unpaired) electrons. The third kappa shape index (κ3) is 3.10. The van der Waals surface area contributed by atoms with Crippen LogP contribution in [0.4, 0.5) is 13.2 Å². The summed E-state index contributed by atoms with van der Waals surface area (Å²) in [6.07, 6.45) is -4.47. The van der Waals surface area contributed by atoms with Gasteiger partial charge in [-0.25, -0.2) is 13.4 Å². The van der Waals surface area contributed by atoms with Crippen molar-refractivity contribution in [3.8, 4) is 5.75 Å². The first-order valence-electron chi connectivity index (χ1n) is 5.28. The fourth-order valence-electron chi connectivity index (χ4n) is 1.46. The Morgan fingerprint density at radius 2 is 2.00 bits per heavy atom. The van der Waals surface area contributed by atoms with E-state index in [-0.39, 0.29) is 18.1 Å². The lowest BCUT2D eigenvalue weighted by Crippen LogP contribution is -2.18. The molecule has 1 heterocycles. The predicted molar refractivity (Wildman–Crippen MR) is 65.6 cm³/mol. The standard InChI is InChI=1S/C11H9F3N2O3S/c12-11(13,14)7-2-1-3-9(4-7)19-5-8-6-20(17,18)10(15)16-8/h1-4,6H,5H2,(H2,15,16). The van der Waals surface area contributed by atoms with Gasteiger partial charge in [0, 0.05) is 0 Å². The molecule has 20 heavy (non-hydrogen) atoms. The fourth-order valence-corrected chi connectivity index (χ4v) is 2.30. The zero-order chi connectivity index (χ0) is 15.0. The second-order valence-corrected chi connectivity index (χ2v) is 5.66. The SMILES string of the molecule is NC1=NC(COc2cccc(C(F)(F)F)c2)=CS1(=O)=O. The fraction of sp³-hybridized carbons (Fsp3) is 0.182. The summed E-state index contributed by atoms with van der Waals surface area (Å²) in [6, 6.07) is 4.24. The Bertz CT molecular complexity index is 693. The van der Waals surface area contributed by atoms with Crippen LogP contribution in [0.2, 0.25) is 0 Å². The van der Waals surface area contributed by atoms with Crippen LogP contribution in [0.25, 0.3) is 0 Å². The van der Waals surface area contributed by atoms with Crippen molar-refractivity contribution in [3.05, 3.63) is 40.9 Å². The Morgan fingerprint density at radius 1 is 1.30 bits per heavy atom. The number of benzene rings is 1. The maximum Gasteiger partial charge on any atom is 0.416 e. The van der Waals surface area contributed by atoms with Gasteiger partial charge in [0.2, 0.25) is 15.0 Å². The first-order valence-corrected chi connectivity index (χ1v) is 6.83. The van der Waals surface area contributed by atoms with Crippen LogP contribution in [0.3, 0.4) is 0 Å². The van der Waals surface area contributed by atoms with Crippen molar-refractivity contribution in [2.45, 2.75) is 6.18 Å². The maximum atomic E-state index is 12.5. The molecule has 5 nitrogen and oxygen atoms in total. The average Bonchev–Trinajstić information content (AvgIpc) is 2.60. The average molecular weight is 306 g/mol. The molecule has 2 N–H and O–H groups in total. The molecule has 0 spiro atoms. The van der Waals surface area contributed by atoms with E-state index in [1.807, 2.05) is 0 Å². The van der Waals surface area contributed by atoms with Gasteiger partial charge in [-0.05, 0) is 18.2 Å². The van der Waals surface area contributed by atoms with Crippen molar-refractivity contribution in [2.75, 3.05) is 6.61 Å². The predicted octanol–water partition coefficient (Wildman–Crippen LogP) is 1.67. The molecule has 108 valence electrons. The summed E-state index contributed by atoms with van der Waals surface area (Å²) >= 11 is 0. The third-order valence-corrected chi connectivity index (χ3v) is 3.64. The molecule has 0 atom stereocenters. The van der Waals surface area contributed by atoms with Crippen LogP contribution < -0.4 is 10.5 Å². The summed E-state index contributed by atoms with van der Waals surface area (Å²) in [5.41, 5.74) is 4.33. The number of nitrogens with zero attached hydrogens (tertiary/aromatic N) is 1. The van der Waals surface area contributed by atoms with Crippen molar-refractivity contribution in [3.63, 3.8) is 0 Å². The van der Waals surface area contributed by atoms with Crippen molar-refractivity contribution >= 4 is 15.0 Å². The van der Waals surface area contributed by atoms with E-state index in [9.17, 15) is 21.6 Å². The number of amidine groups is 1. The summed E-state index contributed by atoms with van der Waals surface area (Å²) in [5, 5.41) is 0.260. The summed E-state index contributed by atoms with van der Waals surface area (Å²) in [7, 11) is -3.70. The van der Waals surface area contributed by atoms with Crippen LogP contribution in [0.5, 0.6) is 5.75 Å². The molecule has 0 aliphatic carbocycles. The van der Waals surface area contributed by atoms with Crippen LogP contribution in [-0.4, -0.2) is 20.2 Å². The van der Waals surface area contributed by atoms with Crippen molar-refractivity contribution in [1.82, 2.24) is 0 Å². The van der Waals surface area contributed by atoms with Gasteiger partial charge in [-0.15, -0.1) is 0 Å². The van der Waals surface area contributed by atoms with Gasteiger partial charge in [0.25, 0.3) is 0 Å². The largest absolute Gasteiger partial charge is 0.487 e. The number of hydrogen-bond acceptors (Lipinski definition) is 5. The zero-order valence-electron chi connectivity index (χ0n) is 9.89. The molecule has 0 aromatic heterocycles. The highest BCUT2D eigenvalue weighted by atomic mass is 32.2. The summed E-state index contributed by atoms with van der Waals surface area (Å²) in [4.78, 5) is 3.55. The van der Waals surface area contributed by atoms with Gasteiger partial charge in [-0.1, -0.05) is 6.07 Å². The normalized spacial score (nSPS) is 17.6. The molecular weight excluding hydrogens is 297 g/mol. The number of halogens is 3. The van der Waals surface area contributed by atoms with Crippen molar-refractivity contribution in [1.29, 1.82) is 0 Å². The van der Waals surface area contributed by atoms with Crippen molar-refractivity contribution < 1.29 is 26.3 Å². The Labute approximate surface area is 112 Å². The van der Waals surface area contributed by atoms with E-state index < -0.39 is 26.7 Å². The topological polar surface area (TPSA) is 81.8 Å². The molecule has 9 heteroatoms. The Hall–Kier alpha value is -2.03. The van der Waals surface area contributed by atoms with E-state index in [0.717, 1.165) is 17.5 Å². The highest BCUT2D eigenvalue weighted by Crippen LogP contribution is 2.31. The molecule has 1 aliphatic heterocycles. The number of alkyl halides is 3. The van der Waals surface area contributed by atoms with Gasteiger partial charge in [-0.2, -0.15) is 13.2 Å². The molecule has 0 bridgehead atoms. The number of sulfone groups is 1. The molecule has 0 amide bonds.